The highest BCUT2D eigenvalue weighted by molar-refractivity contribution is 5.95. The van der Waals surface area contributed by atoms with E-state index in [9.17, 15) is 0 Å². The maximum Gasteiger partial charge on any atom is 0.195 e. The molecule has 0 radical (unpaired) electrons. The van der Waals surface area contributed by atoms with Gasteiger partial charge >= 0.3 is 0 Å². The molecule has 7 heteroatoms. The maximum absolute atomic E-state index is 7.00. The molecule has 0 fully saturated rings. The lowest BCUT2D eigenvalue weighted by molar-refractivity contribution is 0.548. The Labute approximate surface area is 116 Å². The molecule has 0 bridgehead atoms. The van der Waals surface area contributed by atoms with Crippen molar-refractivity contribution < 1.29 is 0 Å². The van der Waals surface area contributed by atoms with E-state index in [0.29, 0.717) is 0 Å². The van der Waals surface area contributed by atoms with Gasteiger partial charge in [0.1, 0.15) is 0 Å². The lowest BCUT2D eigenvalue weighted by Crippen LogP contribution is -2.41. The van der Waals surface area contributed by atoms with Crippen LogP contribution in [-0.4, -0.2) is 18.0 Å². The second-order valence-electron chi connectivity index (χ2n) is 3.61. The first-order valence-electron chi connectivity index (χ1n) is 5.54. The number of halogens is 2. The Morgan fingerprint density at radius 1 is 1.24 bits per heavy atom. The third-order valence-corrected chi connectivity index (χ3v) is 2.20. The fourth-order valence-corrected chi connectivity index (χ4v) is 1.36. The molecule has 0 aliphatic heterocycles. The fourth-order valence-electron chi connectivity index (χ4n) is 1.36. The van der Waals surface area contributed by atoms with Crippen LogP contribution in [0, 0.1) is 5.41 Å². The minimum atomic E-state index is -0.167. The summed E-state index contributed by atoms with van der Waals surface area (Å²) in [7, 11) is 0. The number of hydrogen-bond donors (Lipinski definition) is 4. The molecule has 0 aromatic rings. The van der Waals surface area contributed by atoms with Gasteiger partial charge in [-0.05, 0) is 12.8 Å². The van der Waals surface area contributed by atoms with Gasteiger partial charge in [0.25, 0.3) is 0 Å². The van der Waals surface area contributed by atoms with Crippen LogP contribution in [0.3, 0.4) is 0 Å². The van der Waals surface area contributed by atoms with Crippen LogP contribution in [-0.2, 0) is 0 Å². The molecule has 5 nitrogen and oxygen atoms in total. The summed E-state index contributed by atoms with van der Waals surface area (Å²) in [5.74, 6) is 0.0745. The van der Waals surface area contributed by atoms with Gasteiger partial charge in [0.2, 0.25) is 0 Å². The van der Waals surface area contributed by atoms with Crippen molar-refractivity contribution in [2.75, 3.05) is 0 Å². The van der Waals surface area contributed by atoms with E-state index < -0.39 is 0 Å². The highest BCUT2D eigenvalue weighted by atomic mass is 35.5. The third-order valence-electron chi connectivity index (χ3n) is 2.20. The van der Waals surface area contributed by atoms with Crippen LogP contribution in [0.1, 0.15) is 46.0 Å². The second-order valence-corrected chi connectivity index (χ2v) is 3.61. The predicted octanol–water partition coefficient (Wildman–Crippen LogP) is 1.99. The molecule has 1 unspecified atom stereocenters. The summed E-state index contributed by atoms with van der Waals surface area (Å²) in [6.45, 7) is 4.26. The Morgan fingerprint density at radius 2 is 1.82 bits per heavy atom. The van der Waals surface area contributed by atoms with E-state index >= 15 is 0 Å². The van der Waals surface area contributed by atoms with Crippen molar-refractivity contribution in [2.24, 2.45) is 16.5 Å². The quantitative estimate of drug-likeness (QED) is 0.341. The average Bonchev–Trinajstić information content (AvgIpc) is 2.15. The summed E-state index contributed by atoms with van der Waals surface area (Å²) in [6.07, 6.45) is 5.62. The Bertz CT molecular complexity index is 221. The molecule has 0 rings (SSSR count). The third kappa shape index (κ3) is 13.3. The highest BCUT2D eigenvalue weighted by Gasteiger charge is 2.04. The number of nitrogens with two attached hydrogens (primary N) is 2. The summed E-state index contributed by atoms with van der Waals surface area (Å²) in [6, 6.07) is 0.239. The molecular weight excluding hydrogens is 261 g/mol. The number of nitrogens with zero attached hydrogens (tertiary/aromatic N) is 1. The smallest absolute Gasteiger partial charge is 0.195 e. The molecule has 0 aliphatic rings. The largest absolute Gasteiger partial charge is 0.370 e. The Morgan fingerprint density at radius 3 is 2.24 bits per heavy atom. The van der Waals surface area contributed by atoms with Crippen LogP contribution in [0.4, 0.5) is 0 Å². The summed E-state index contributed by atoms with van der Waals surface area (Å²) in [4.78, 5) is 4.27. The molecule has 6 N–H and O–H groups in total. The van der Waals surface area contributed by atoms with Crippen LogP contribution in [0.25, 0.3) is 0 Å². The molecule has 104 valence electrons. The zero-order chi connectivity index (χ0) is 11.7. The SMILES string of the molecule is CCCCCC(CC)N=C(N)NC(=N)N.Cl.Cl. The molecular formula is C10H25Cl2N5. The molecule has 17 heavy (non-hydrogen) atoms. The summed E-state index contributed by atoms with van der Waals surface area (Å²) < 4.78 is 0. The number of aliphatic imine (C=N–C) groups is 1. The second kappa shape index (κ2) is 13.4. The number of nitrogens with one attached hydrogen (secondary N) is 2. The maximum atomic E-state index is 7.00. The number of rotatable bonds is 6. The van der Waals surface area contributed by atoms with Crippen LogP contribution in [0.2, 0.25) is 0 Å². The van der Waals surface area contributed by atoms with Gasteiger partial charge in [-0.1, -0.05) is 33.1 Å². The normalized spacial score (nSPS) is 12.0. The van der Waals surface area contributed by atoms with E-state index in [1.54, 1.807) is 0 Å². The van der Waals surface area contributed by atoms with Gasteiger partial charge in [0.05, 0.1) is 6.04 Å². The van der Waals surface area contributed by atoms with Gasteiger partial charge in [0, 0.05) is 0 Å². The van der Waals surface area contributed by atoms with Crippen molar-refractivity contribution >= 4 is 36.7 Å². The first kappa shape index (κ1) is 21.6. The Kier molecular flexibility index (Phi) is 17.0. The van der Waals surface area contributed by atoms with Crippen LogP contribution < -0.4 is 16.8 Å². The summed E-state index contributed by atoms with van der Waals surface area (Å²) >= 11 is 0. The van der Waals surface area contributed by atoms with E-state index in [-0.39, 0.29) is 42.8 Å². The van der Waals surface area contributed by atoms with E-state index in [2.05, 4.69) is 24.2 Å². The lowest BCUT2D eigenvalue weighted by Gasteiger charge is -2.11. The first-order chi connectivity index (χ1) is 7.10. The van der Waals surface area contributed by atoms with Gasteiger partial charge in [-0.2, -0.15) is 0 Å². The van der Waals surface area contributed by atoms with E-state index in [1.807, 2.05) is 0 Å². The standard InChI is InChI=1S/C10H23N5.2ClH/c1-3-5-6-7-8(4-2)14-10(13)15-9(11)12;;/h8H,3-7H2,1-2H3,(H6,11,12,13,14,15);2*1H. The van der Waals surface area contributed by atoms with Crippen molar-refractivity contribution in [3.05, 3.63) is 0 Å². The van der Waals surface area contributed by atoms with E-state index in [0.717, 1.165) is 12.8 Å². The topological polar surface area (TPSA) is 100 Å². The molecule has 0 amide bonds. The van der Waals surface area contributed by atoms with Gasteiger partial charge < -0.3 is 11.5 Å². The van der Waals surface area contributed by atoms with Crippen molar-refractivity contribution in [1.82, 2.24) is 5.32 Å². The Balaban J connectivity index is -0.000000980. The molecule has 0 aromatic heterocycles. The monoisotopic (exact) mass is 285 g/mol. The van der Waals surface area contributed by atoms with E-state index in [4.69, 9.17) is 16.9 Å². The lowest BCUT2D eigenvalue weighted by atomic mass is 10.1. The van der Waals surface area contributed by atoms with Gasteiger partial charge in [-0.3, -0.25) is 10.7 Å². The Hall–Kier alpha value is -0.680. The molecule has 0 saturated heterocycles. The summed E-state index contributed by atoms with van der Waals surface area (Å²) in [5, 5.41) is 9.49. The predicted molar refractivity (Wildman–Crippen MR) is 79.4 cm³/mol. The van der Waals surface area contributed by atoms with Crippen LogP contribution in [0.15, 0.2) is 4.99 Å². The van der Waals surface area contributed by atoms with Crippen molar-refractivity contribution in [2.45, 2.75) is 52.0 Å². The van der Waals surface area contributed by atoms with E-state index in [1.165, 1.54) is 19.3 Å². The van der Waals surface area contributed by atoms with Crippen molar-refractivity contribution in [3.8, 4) is 0 Å². The zero-order valence-electron chi connectivity index (χ0n) is 10.5. The number of guanidine groups is 2. The highest BCUT2D eigenvalue weighted by Crippen LogP contribution is 2.09. The minimum Gasteiger partial charge on any atom is -0.370 e. The number of unbranched alkanes of at least 4 members (excludes halogenated alkanes) is 2. The van der Waals surface area contributed by atoms with Crippen LogP contribution in [0.5, 0.6) is 0 Å². The molecule has 0 spiro atoms. The van der Waals surface area contributed by atoms with Crippen LogP contribution >= 0.6 is 24.8 Å². The fraction of sp³-hybridized carbons (Fsp3) is 0.800. The molecule has 1 atom stereocenters. The molecule has 0 aromatic carbocycles. The number of hydrogen-bond acceptors (Lipinski definition) is 2. The minimum absolute atomic E-state index is 0. The van der Waals surface area contributed by atoms with Gasteiger partial charge in [0.15, 0.2) is 11.9 Å². The van der Waals surface area contributed by atoms with Gasteiger partial charge in [-0.15, -0.1) is 24.8 Å². The summed E-state index contributed by atoms with van der Waals surface area (Å²) in [5.41, 5.74) is 10.7. The molecule has 0 aliphatic carbocycles. The van der Waals surface area contributed by atoms with Crippen molar-refractivity contribution in [3.63, 3.8) is 0 Å². The average molecular weight is 286 g/mol. The zero-order valence-corrected chi connectivity index (χ0v) is 12.2. The first-order valence-corrected chi connectivity index (χ1v) is 5.54. The van der Waals surface area contributed by atoms with Crippen molar-refractivity contribution in [1.29, 1.82) is 5.41 Å². The van der Waals surface area contributed by atoms with Gasteiger partial charge in [-0.25, -0.2) is 4.99 Å². The molecule has 0 saturated carbocycles. The molecule has 0 heterocycles.